The molecule has 1 spiro atoms. The van der Waals surface area contributed by atoms with Crippen LogP contribution < -0.4 is 15.1 Å². The molecule has 0 bridgehead atoms. The summed E-state index contributed by atoms with van der Waals surface area (Å²) in [6.07, 6.45) is 5.40. The lowest BCUT2D eigenvalue weighted by Gasteiger charge is -2.33. The Balaban J connectivity index is 1.49. The first-order valence-electron chi connectivity index (χ1n) is 10.9. The largest absolute Gasteiger partial charge is 0.352 e. The van der Waals surface area contributed by atoms with Gasteiger partial charge in [-0.1, -0.05) is 55.1 Å². The number of nitrogens with zero attached hydrogens (tertiary/aromatic N) is 2. The third-order valence-corrected chi connectivity index (χ3v) is 8.02. The van der Waals surface area contributed by atoms with Crippen LogP contribution in [0.2, 0.25) is 5.02 Å². The van der Waals surface area contributed by atoms with Gasteiger partial charge in [-0.15, -0.1) is 11.8 Å². The van der Waals surface area contributed by atoms with E-state index in [0.717, 1.165) is 31.2 Å². The summed E-state index contributed by atoms with van der Waals surface area (Å²) >= 11 is 7.50. The van der Waals surface area contributed by atoms with E-state index >= 15 is 0 Å². The van der Waals surface area contributed by atoms with E-state index in [4.69, 9.17) is 11.6 Å². The first kappa shape index (κ1) is 21.3. The maximum atomic E-state index is 13.9. The Morgan fingerprint density at radius 2 is 1.88 bits per heavy atom. The summed E-state index contributed by atoms with van der Waals surface area (Å²) < 4.78 is 0. The van der Waals surface area contributed by atoms with Gasteiger partial charge < -0.3 is 5.32 Å². The minimum absolute atomic E-state index is 0.0633. The van der Waals surface area contributed by atoms with E-state index in [1.807, 2.05) is 24.3 Å². The van der Waals surface area contributed by atoms with Gasteiger partial charge in [0.05, 0.1) is 11.4 Å². The van der Waals surface area contributed by atoms with Gasteiger partial charge in [0.1, 0.15) is 6.54 Å². The van der Waals surface area contributed by atoms with Crippen molar-refractivity contribution in [3.8, 4) is 0 Å². The zero-order valence-electron chi connectivity index (χ0n) is 17.6. The SMILES string of the molecule is O=C(CN1C(=O)[C@]2(SCC(=O)N2c2cccc(Cl)c2)c2ccccc21)NC1CCCCC1. The standard InChI is InChI=1S/C24H24ClN3O3S/c25-16-7-6-10-18(13-16)28-22(30)15-32-24(28)19-11-4-5-12-20(19)27(23(24)31)14-21(29)26-17-8-2-1-3-9-17/h4-7,10-13,17H,1-3,8-9,14-15H2,(H,26,29)/t24-/m1/s1. The molecule has 1 aliphatic carbocycles. The number of benzene rings is 2. The van der Waals surface area contributed by atoms with E-state index in [-0.39, 0.29) is 36.1 Å². The molecule has 1 saturated carbocycles. The van der Waals surface area contributed by atoms with Crippen LogP contribution in [0, 0.1) is 0 Å². The average molecular weight is 470 g/mol. The predicted molar refractivity (Wildman–Crippen MR) is 127 cm³/mol. The highest BCUT2D eigenvalue weighted by atomic mass is 35.5. The van der Waals surface area contributed by atoms with Gasteiger partial charge in [0, 0.05) is 22.3 Å². The zero-order chi connectivity index (χ0) is 22.3. The number of thioether (sulfide) groups is 1. The molecule has 6 nitrogen and oxygen atoms in total. The molecule has 0 radical (unpaired) electrons. The van der Waals surface area contributed by atoms with E-state index < -0.39 is 4.87 Å². The summed E-state index contributed by atoms with van der Waals surface area (Å²) in [7, 11) is 0. The molecule has 3 amide bonds. The molecular weight excluding hydrogens is 446 g/mol. The summed E-state index contributed by atoms with van der Waals surface area (Å²) in [6.45, 7) is -0.0633. The number of rotatable bonds is 4. The van der Waals surface area contributed by atoms with Crippen molar-refractivity contribution in [2.45, 2.75) is 43.0 Å². The smallest absolute Gasteiger partial charge is 0.269 e. The lowest BCUT2D eigenvalue weighted by molar-refractivity contribution is -0.126. The summed E-state index contributed by atoms with van der Waals surface area (Å²) in [5, 5.41) is 3.59. The third-order valence-electron chi connectivity index (χ3n) is 6.40. The molecule has 2 aromatic carbocycles. The van der Waals surface area contributed by atoms with Gasteiger partial charge in [-0.05, 0) is 37.1 Å². The Kier molecular flexibility index (Phi) is 5.63. The van der Waals surface area contributed by atoms with Crippen LogP contribution in [0.25, 0.3) is 0 Å². The normalized spacial score (nSPS) is 23.2. The Morgan fingerprint density at radius 3 is 2.66 bits per heavy atom. The monoisotopic (exact) mass is 469 g/mol. The number of hydrogen-bond acceptors (Lipinski definition) is 4. The van der Waals surface area contributed by atoms with E-state index in [2.05, 4.69) is 5.32 Å². The van der Waals surface area contributed by atoms with Crippen molar-refractivity contribution in [3.05, 3.63) is 59.1 Å². The van der Waals surface area contributed by atoms with Crippen molar-refractivity contribution in [2.75, 3.05) is 22.1 Å². The van der Waals surface area contributed by atoms with Crippen molar-refractivity contribution in [3.63, 3.8) is 0 Å². The highest BCUT2D eigenvalue weighted by molar-refractivity contribution is 8.02. The first-order chi connectivity index (χ1) is 15.5. The number of carbonyl (C=O) groups is 3. The van der Waals surface area contributed by atoms with Gasteiger partial charge >= 0.3 is 0 Å². The zero-order valence-corrected chi connectivity index (χ0v) is 19.1. The van der Waals surface area contributed by atoms with Gasteiger partial charge in [0.25, 0.3) is 5.91 Å². The van der Waals surface area contributed by atoms with Crippen molar-refractivity contribution in [1.29, 1.82) is 0 Å². The molecule has 8 heteroatoms. The summed E-state index contributed by atoms with van der Waals surface area (Å²) in [4.78, 5) is 41.6. The second-order valence-electron chi connectivity index (χ2n) is 8.45. The number of anilines is 2. The van der Waals surface area contributed by atoms with Gasteiger partial charge in [0.15, 0.2) is 0 Å². The van der Waals surface area contributed by atoms with Gasteiger partial charge in [-0.25, -0.2) is 0 Å². The number of hydrogen-bond donors (Lipinski definition) is 1. The molecule has 3 aliphatic rings. The molecule has 1 N–H and O–H groups in total. The maximum Gasteiger partial charge on any atom is 0.269 e. The molecule has 2 aromatic rings. The highest BCUT2D eigenvalue weighted by Crippen LogP contribution is 2.55. The maximum absolute atomic E-state index is 13.9. The summed E-state index contributed by atoms with van der Waals surface area (Å²) in [5.41, 5.74) is 1.97. The van der Waals surface area contributed by atoms with Crippen LogP contribution in [-0.4, -0.2) is 36.1 Å². The molecule has 0 unspecified atom stereocenters. The summed E-state index contributed by atoms with van der Waals surface area (Å²) in [5.74, 6) is -0.419. The van der Waals surface area contributed by atoms with Crippen LogP contribution in [0.5, 0.6) is 0 Å². The molecule has 2 fully saturated rings. The van der Waals surface area contributed by atoms with Crippen LogP contribution in [0.4, 0.5) is 11.4 Å². The van der Waals surface area contributed by atoms with Crippen LogP contribution in [0.15, 0.2) is 48.5 Å². The Morgan fingerprint density at radius 1 is 1.09 bits per heavy atom. The molecule has 2 heterocycles. The van der Waals surface area contributed by atoms with Crippen LogP contribution in [-0.2, 0) is 19.3 Å². The second-order valence-corrected chi connectivity index (χ2v) is 10.1. The van der Waals surface area contributed by atoms with Crippen LogP contribution in [0.1, 0.15) is 37.7 Å². The van der Waals surface area contributed by atoms with Crippen molar-refractivity contribution in [1.82, 2.24) is 5.32 Å². The highest BCUT2D eigenvalue weighted by Gasteiger charge is 2.61. The number of fused-ring (bicyclic) bond motifs is 2. The second kappa shape index (κ2) is 8.45. The van der Waals surface area contributed by atoms with Crippen LogP contribution >= 0.6 is 23.4 Å². The number of para-hydroxylation sites is 1. The topological polar surface area (TPSA) is 69.7 Å². The molecule has 1 atom stereocenters. The molecule has 0 aromatic heterocycles. The average Bonchev–Trinajstić information content (AvgIpc) is 3.25. The van der Waals surface area contributed by atoms with Crippen molar-refractivity contribution < 1.29 is 14.4 Å². The third kappa shape index (κ3) is 3.48. The van der Waals surface area contributed by atoms with Crippen molar-refractivity contribution in [2.24, 2.45) is 0 Å². The minimum Gasteiger partial charge on any atom is -0.352 e. The minimum atomic E-state index is -1.23. The first-order valence-corrected chi connectivity index (χ1v) is 12.3. The number of amides is 3. The Hall–Kier alpha value is -2.51. The van der Waals surface area contributed by atoms with Gasteiger partial charge in [0.2, 0.25) is 16.7 Å². The molecule has 166 valence electrons. The number of carbonyl (C=O) groups excluding carboxylic acids is 3. The Labute approximate surface area is 196 Å². The van der Waals surface area contributed by atoms with Gasteiger partial charge in [-0.2, -0.15) is 0 Å². The lowest BCUT2D eigenvalue weighted by atomic mass is 9.95. The molecule has 5 rings (SSSR count). The fraction of sp³-hybridized carbons (Fsp3) is 0.375. The quantitative estimate of drug-likeness (QED) is 0.732. The molecule has 2 aliphatic heterocycles. The van der Waals surface area contributed by atoms with Crippen molar-refractivity contribution >= 4 is 52.5 Å². The summed E-state index contributed by atoms with van der Waals surface area (Å²) in [6, 6.07) is 14.6. The van der Waals surface area contributed by atoms with E-state index in [1.54, 1.807) is 29.2 Å². The molecular formula is C24H24ClN3O3S. The predicted octanol–water partition coefficient (Wildman–Crippen LogP) is 4.07. The number of nitrogens with one attached hydrogen (secondary N) is 1. The molecule has 32 heavy (non-hydrogen) atoms. The van der Waals surface area contributed by atoms with Gasteiger partial charge in [-0.3, -0.25) is 24.2 Å². The number of halogens is 1. The lowest BCUT2D eigenvalue weighted by Crippen LogP contribution is -2.52. The Bertz CT molecular complexity index is 1090. The van der Waals surface area contributed by atoms with E-state index in [0.29, 0.717) is 16.4 Å². The van der Waals surface area contributed by atoms with E-state index in [9.17, 15) is 14.4 Å². The molecule has 1 saturated heterocycles. The fourth-order valence-corrected chi connectivity index (χ4v) is 6.54. The van der Waals surface area contributed by atoms with Crippen LogP contribution in [0.3, 0.4) is 0 Å². The fourth-order valence-electron chi connectivity index (χ4n) is 4.99. The van der Waals surface area contributed by atoms with E-state index in [1.165, 1.54) is 23.1 Å².